The Bertz CT molecular complexity index is 1940. The molecular weight excluding hydrogens is 775 g/mol. The van der Waals surface area contributed by atoms with Gasteiger partial charge in [0, 0.05) is 37.2 Å². The summed E-state index contributed by atoms with van der Waals surface area (Å²) in [5.74, 6) is -2.27. The molecule has 17 heteroatoms. The molecule has 7 rings (SSSR count). The summed E-state index contributed by atoms with van der Waals surface area (Å²) >= 11 is 0. The molecular formula is C43H65N7O10. The summed E-state index contributed by atoms with van der Waals surface area (Å²) in [7, 11) is 5.71. The molecule has 1 N–H and O–H groups in total. The number of aliphatic hydroxyl groups is 1. The first kappa shape index (κ1) is 44.3. The van der Waals surface area contributed by atoms with Crippen molar-refractivity contribution in [1.82, 2.24) is 24.8 Å². The van der Waals surface area contributed by atoms with Gasteiger partial charge in [0.2, 0.25) is 0 Å². The lowest BCUT2D eigenvalue weighted by Crippen LogP contribution is -2.60. The number of ether oxygens (including phenoxy) is 6. The monoisotopic (exact) mass is 839 g/mol. The van der Waals surface area contributed by atoms with Gasteiger partial charge in [0.15, 0.2) is 11.9 Å². The Hall–Kier alpha value is -3.74. The summed E-state index contributed by atoms with van der Waals surface area (Å²) in [6.45, 7) is 16.7. The third-order valence-corrected chi connectivity index (χ3v) is 13.7. The number of aryl methyl sites for hydroxylation is 1. The van der Waals surface area contributed by atoms with E-state index in [1.165, 1.54) is 0 Å². The zero-order valence-electron chi connectivity index (χ0n) is 37.1. The highest BCUT2D eigenvalue weighted by atomic mass is 16.7. The van der Waals surface area contributed by atoms with Crippen LogP contribution >= 0.6 is 0 Å². The number of likely N-dealkylation sites (N-methyl/N-ethyl adjacent to an activating group) is 1. The van der Waals surface area contributed by atoms with Crippen molar-refractivity contribution in [3.8, 4) is 0 Å². The van der Waals surface area contributed by atoms with Gasteiger partial charge in [0.1, 0.15) is 30.0 Å². The van der Waals surface area contributed by atoms with Crippen LogP contribution in [0, 0.1) is 23.7 Å². The lowest BCUT2D eigenvalue weighted by Gasteiger charge is -2.48. The van der Waals surface area contributed by atoms with E-state index in [-0.39, 0.29) is 43.8 Å². The molecule has 4 saturated heterocycles. The smallest absolute Gasteiger partial charge is 0.410 e. The summed E-state index contributed by atoms with van der Waals surface area (Å²) < 4.78 is 41.6. The predicted octanol–water partition coefficient (Wildman–Crippen LogP) is 4.13. The van der Waals surface area contributed by atoms with Crippen molar-refractivity contribution < 1.29 is 48.0 Å². The zero-order valence-corrected chi connectivity index (χ0v) is 37.1. The van der Waals surface area contributed by atoms with Gasteiger partial charge in [-0.2, -0.15) is 0 Å². The minimum Gasteiger partial charge on any atom is -0.458 e. The quantitative estimate of drug-likeness (QED) is 0.311. The second-order valence-corrected chi connectivity index (χ2v) is 18.3. The molecule has 1 amide bonds. The summed E-state index contributed by atoms with van der Waals surface area (Å²) in [6, 6.07) is 5.14. The zero-order chi connectivity index (χ0) is 43.3. The largest absolute Gasteiger partial charge is 0.458 e. The molecule has 4 fully saturated rings. The van der Waals surface area contributed by atoms with E-state index in [0.717, 1.165) is 22.3 Å². The summed E-state index contributed by atoms with van der Waals surface area (Å²) in [5.41, 5.74) is 1.66. The first-order chi connectivity index (χ1) is 28.4. The third kappa shape index (κ3) is 8.41. The molecule has 0 saturated carbocycles. The highest BCUT2D eigenvalue weighted by Gasteiger charge is 2.60. The fourth-order valence-electron chi connectivity index (χ4n) is 10.6. The van der Waals surface area contributed by atoms with Gasteiger partial charge in [-0.05, 0) is 84.7 Å². The molecule has 2 aromatic rings. The van der Waals surface area contributed by atoms with Gasteiger partial charge in [0.05, 0.1) is 61.1 Å². The molecule has 4 bridgehead atoms. The number of benzene rings is 1. The van der Waals surface area contributed by atoms with Crippen molar-refractivity contribution >= 4 is 34.5 Å². The average Bonchev–Trinajstić information content (AvgIpc) is 3.63. The van der Waals surface area contributed by atoms with Crippen LogP contribution in [-0.2, 0) is 51.7 Å². The Kier molecular flexibility index (Phi) is 13.0. The van der Waals surface area contributed by atoms with Crippen LogP contribution in [0.2, 0.25) is 0 Å². The lowest BCUT2D eigenvalue weighted by molar-refractivity contribution is -0.302. The molecule has 5 aliphatic heterocycles. The van der Waals surface area contributed by atoms with Crippen LogP contribution in [0.25, 0.3) is 11.0 Å². The number of aliphatic hydroxyl groups excluding tert-OH is 1. The summed E-state index contributed by atoms with van der Waals surface area (Å²) in [5, 5.41) is 24.7. The van der Waals surface area contributed by atoms with E-state index >= 15 is 0 Å². The maximum Gasteiger partial charge on any atom is 0.410 e. The number of fused-ring (bicyclic) bond motifs is 5. The fraction of sp³-hybridized carbons (Fsp3) is 0.767. The highest BCUT2D eigenvalue weighted by Crippen LogP contribution is 2.45. The lowest BCUT2D eigenvalue weighted by atomic mass is 9.72. The first-order valence-corrected chi connectivity index (χ1v) is 21.6. The number of hydrogen-bond acceptors (Lipinski definition) is 15. The molecule has 0 aliphatic carbocycles. The molecule has 1 aromatic carbocycles. The number of hydrogen-bond donors (Lipinski definition) is 1. The number of aliphatic imine (C=N–C) groups is 1. The van der Waals surface area contributed by atoms with Gasteiger partial charge in [0.25, 0.3) is 0 Å². The van der Waals surface area contributed by atoms with Gasteiger partial charge >= 0.3 is 12.1 Å². The molecule has 0 unspecified atom stereocenters. The van der Waals surface area contributed by atoms with E-state index in [9.17, 15) is 14.7 Å². The van der Waals surface area contributed by atoms with Crippen LogP contribution < -0.4 is 0 Å². The Labute approximate surface area is 353 Å². The molecule has 6 heterocycles. The van der Waals surface area contributed by atoms with Crippen molar-refractivity contribution in [1.29, 1.82) is 0 Å². The van der Waals surface area contributed by atoms with Crippen molar-refractivity contribution in [3.05, 3.63) is 23.8 Å². The predicted molar refractivity (Wildman–Crippen MR) is 221 cm³/mol. The van der Waals surface area contributed by atoms with Gasteiger partial charge in [-0.25, -0.2) is 9.48 Å². The molecule has 0 radical (unpaired) electrons. The van der Waals surface area contributed by atoms with E-state index in [0.29, 0.717) is 38.1 Å². The van der Waals surface area contributed by atoms with Crippen molar-refractivity contribution in [2.24, 2.45) is 40.9 Å². The number of carbonyl (C=O) groups excluding carboxylic acids is 2. The molecule has 5 aliphatic rings. The Morgan fingerprint density at radius 1 is 1.08 bits per heavy atom. The maximum absolute atomic E-state index is 14.5. The Morgan fingerprint density at radius 3 is 2.58 bits per heavy atom. The number of nitrogens with zero attached hydrogens (tertiary/aromatic N) is 7. The minimum absolute atomic E-state index is 0.0101. The van der Waals surface area contributed by atoms with Crippen LogP contribution in [0.1, 0.15) is 80.2 Å². The normalized spacial score (nSPS) is 40.0. The van der Waals surface area contributed by atoms with E-state index in [2.05, 4.69) is 29.3 Å². The summed E-state index contributed by atoms with van der Waals surface area (Å²) in [6.07, 6.45) is -3.47. The number of carbonyl (C=O) groups is 2. The number of amides is 1. The van der Waals surface area contributed by atoms with Crippen LogP contribution in [0.15, 0.2) is 28.3 Å². The second-order valence-electron chi connectivity index (χ2n) is 18.3. The standard InChI is InChI=1S/C43H65N7O10/c1-12-33-43(8)37-25(4)34(44-15-16-50(37)41(53)60-43)23(2)19-42(7)38(59-40-35(51)32(48(9)10)17-24(3)57-40)26(5)36(27(6)39(52)58-33)54-21-29(22-55-42)46-56-20-28-13-14-31-30(18-28)45-47-49(31)11/h13-14,18,23-27,32-33,35-38,40,51H,12,15-17,19-22H2,1-11H3/b46-29+/t23-,24+,25+,26+,27-,32-,33-,35+,36+,37-,38-,40-,42-,43-/m1/s1. The molecule has 0 spiro atoms. The van der Waals surface area contributed by atoms with Crippen LogP contribution in [0.3, 0.4) is 0 Å². The van der Waals surface area contributed by atoms with E-state index in [1.807, 2.05) is 78.9 Å². The van der Waals surface area contributed by atoms with E-state index in [1.54, 1.807) is 16.5 Å². The number of rotatable bonds is 7. The number of cyclic esters (lactones) is 1. The number of esters is 1. The Morgan fingerprint density at radius 2 is 1.85 bits per heavy atom. The van der Waals surface area contributed by atoms with Crippen LogP contribution in [0.5, 0.6) is 0 Å². The molecule has 17 nitrogen and oxygen atoms in total. The van der Waals surface area contributed by atoms with Crippen LogP contribution in [-0.4, -0.2) is 154 Å². The highest BCUT2D eigenvalue weighted by molar-refractivity contribution is 5.91. The molecule has 14 atom stereocenters. The fourth-order valence-corrected chi connectivity index (χ4v) is 10.6. The summed E-state index contributed by atoms with van der Waals surface area (Å²) in [4.78, 5) is 42.9. The van der Waals surface area contributed by atoms with Gasteiger partial charge in [-0.1, -0.05) is 44.1 Å². The van der Waals surface area contributed by atoms with Gasteiger partial charge < -0.3 is 43.3 Å². The maximum atomic E-state index is 14.5. The van der Waals surface area contributed by atoms with E-state index < -0.39 is 71.8 Å². The van der Waals surface area contributed by atoms with Gasteiger partial charge in [-0.15, -0.1) is 5.10 Å². The first-order valence-electron chi connectivity index (χ1n) is 21.6. The number of oxime groups is 1. The Balaban J connectivity index is 1.29. The molecule has 60 heavy (non-hydrogen) atoms. The topological polar surface area (TPSA) is 181 Å². The molecule has 1 aromatic heterocycles. The average molecular weight is 840 g/mol. The van der Waals surface area contributed by atoms with Crippen molar-refractivity contribution in [3.63, 3.8) is 0 Å². The molecule has 332 valence electrons. The van der Waals surface area contributed by atoms with Crippen molar-refractivity contribution in [2.75, 3.05) is 40.4 Å². The van der Waals surface area contributed by atoms with Crippen LogP contribution in [0.4, 0.5) is 4.79 Å². The van der Waals surface area contributed by atoms with Gasteiger partial charge in [-0.3, -0.25) is 14.7 Å². The third-order valence-electron chi connectivity index (χ3n) is 13.7. The second kappa shape index (κ2) is 17.6. The number of aromatic nitrogens is 3. The SMILES string of the molecule is CC[C@H]1OC(=O)[C@H](C)[C@H]2OC/C(=N\OCc3ccc4c(c3)nnn4C)CO[C@](C)(C[C@@H](C)C3=NCCN4C(=O)O[C@@]1(C)[C@H]4[C@H]3C)[C@H](O[C@H]1O[C@@H](C)C[C@@H](N(C)C)[C@@H]1O)[C@H]2C. The van der Waals surface area contributed by atoms with E-state index in [4.69, 9.17) is 38.3 Å². The van der Waals surface area contributed by atoms with Crippen molar-refractivity contribution in [2.45, 2.75) is 141 Å². The minimum atomic E-state index is -1.14.